The number of aliphatic hydroxyl groups excluding tert-OH is 1. The van der Waals surface area contributed by atoms with Crippen molar-refractivity contribution in [3.8, 4) is 22.5 Å². The van der Waals surface area contributed by atoms with Crippen LogP contribution in [0.2, 0.25) is 0 Å². The molecule has 30 heavy (non-hydrogen) atoms. The lowest BCUT2D eigenvalue weighted by Crippen LogP contribution is -2.07. The number of nitrogens with one attached hydrogen (secondary N) is 1. The van der Waals surface area contributed by atoms with Gasteiger partial charge in [-0.15, -0.1) is 10.2 Å². The number of benzene rings is 2. The molecule has 0 aliphatic heterocycles. The van der Waals surface area contributed by atoms with Crippen molar-refractivity contribution in [3.63, 3.8) is 0 Å². The molecule has 0 amide bonds. The summed E-state index contributed by atoms with van der Waals surface area (Å²) in [6, 6.07) is 16.5. The number of unbranched alkanes of at least 4 members (excludes halogenated alkanes) is 1. The zero-order valence-corrected chi connectivity index (χ0v) is 18.9. The lowest BCUT2D eigenvalue weighted by atomic mass is 9.98. The van der Waals surface area contributed by atoms with Crippen LogP contribution in [0, 0.1) is 3.70 Å². The zero-order valence-electron chi connectivity index (χ0n) is 16.7. The van der Waals surface area contributed by atoms with Crippen molar-refractivity contribution in [1.82, 2.24) is 30.2 Å². The maximum Gasteiger partial charge on any atom is 0.205 e. The molecule has 0 bridgehead atoms. The average molecular weight is 514 g/mol. The van der Waals surface area contributed by atoms with Gasteiger partial charge in [-0.1, -0.05) is 61.9 Å². The van der Waals surface area contributed by atoms with Crippen molar-refractivity contribution in [2.75, 3.05) is 0 Å². The number of aryl methyl sites for hydroxylation is 1. The molecule has 2 N–H and O–H groups in total. The Morgan fingerprint density at radius 3 is 2.50 bits per heavy atom. The number of aromatic amines is 1. The molecule has 8 heteroatoms. The van der Waals surface area contributed by atoms with E-state index in [0.29, 0.717) is 12.4 Å². The second kappa shape index (κ2) is 9.48. The fourth-order valence-electron chi connectivity index (χ4n) is 3.49. The van der Waals surface area contributed by atoms with Crippen molar-refractivity contribution in [2.24, 2.45) is 0 Å². The van der Waals surface area contributed by atoms with E-state index in [1.807, 2.05) is 18.2 Å². The van der Waals surface area contributed by atoms with Gasteiger partial charge in [-0.3, -0.25) is 0 Å². The number of tetrazole rings is 1. The smallest absolute Gasteiger partial charge is 0.205 e. The lowest BCUT2D eigenvalue weighted by Gasteiger charge is -2.11. The molecular formula is C22H23IN6O. The van der Waals surface area contributed by atoms with E-state index in [2.05, 4.69) is 90.0 Å². The first kappa shape index (κ1) is 20.7. The van der Waals surface area contributed by atoms with E-state index in [0.717, 1.165) is 56.7 Å². The number of hydrogen-bond donors (Lipinski definition) is 2. The minimum Gasteiger partial charge on any atom is -0.388 e. The maximum atomic E-state index is 9.77. The second-order valence-electron chi connectivity index (χ2n) is 7.09. The Kier molecular flexibility index (Phi) is 6.53. The standard InChI is InChI=1S/C22H23IN6O/c1-2-3-8-19-21(23)29(20(14-30)24-19)13-15-9-11-16(12-10-15)17-6-4-5-7-18(17)22-25-27-28-26-22/h4-7,9-12,30H,2-3,8,13-14H2,1H3,(H,25,26,27,28). The van der Waals surface area contributed by atoms with Gasteiger partial charge in [0.15, 0.2) is 0 Å². The highest BCUT2D eigenvalue weighted by atomic mass is 127. The summed E-state index contributed by atoms with van der Waals surface area (Å²) >= 11 is 2.34. The normalized spacial score (nSPS) is 11.2. The average Bonchev–Trinajstić information content (AvgIpc) is 3.42. The molecule has 0 saturated heterocycles. The van der Waals surface area contributed by atoms with Crippen LogP contribution in [0.1, 0.15) is 36.8 Å². The number of halogens is 1. The Hall–Kier alpha value is -2.59. The van der Waals surface area contributed by atoms with E-state index < -0.39 is 0 Å². The molecule has 154 valence electrons. The summed E-state index contributed by atoms with van der Waals surface area (Å²) in [5.74, 6) is 1.30. The molecule has 2 aromatic carbocycles. The Labute approximate surface area is 188 Å². The number of nitrogens with zero attached hydrogens (tertiary/aromatic N) is 5. The van der Waals surface area contributed by atoms with Crippen LogP contribution >= 0.6 is 22.6 Å². The molecule has 0 atom stereocenters. The first-order valence-electron chi connectivity index (χ1n) is 9.98. The number of aliphatic hydroxyl groups is 1. The molecule has 0 spiro atoms. The topological polar surface area (TPSA) is 92.5 Å². The molecule has 0 aliphatic carbocycles. The summed E-state index contributed by atoms with van der Waals surface area (Å²) in [6.45, 7) is 2.80. The van der Waals surface area contributed by atoms with E-state index in [-0.39, 0.29) is 6.61 Å². The van der Waals surface area contributed by atoms with E-state index in [9.17, 15) is 5.11 Å². The van der Waals surface area contributed by atoms with Crippen molar-refractivity contribution < 1.29 is 5.11 Å². The summed E-state index contributed by atoms with van der Waals surface area (Å²) in [7, 11) is 0. The Balaban J connectivity index is 1.60. The van der Waals surface area contributed by atoms with Crippen LogP contribution in [0.3, 0.4) is 0 Å². The van der Waals surface area contributed by atoms with Crippen LogP contribution in [-0.2, 0) is 19.6 Å². The minimum absolute atomic E-state index is 0.0573. The molecule has 2 heterocycles. The minimum atomic E-state index is -0.0573. The number of imidazole rings is 1. The highest BCUT2D eigenvalue weighted by molar-refractivity contribution is 14.1. The summed E-state index contributed by atoms with van der Waals surface area (Å²) in [5, 5.41) is 24.2. The van der Waals surface area contributed by atoms with E-state index >= 15 is 0 Å². The SMILES string of the molecule is CCCCc1nc(CO)n(Cc2ccc(-c3ccccc3-c3nn[nH]n3)cc2)c1I. The van der Waals surface area contributed by atoms with Gasteiger partial charge in [0.2, 0.25) is 5.82 Å². The molecule has 4 rings (SSSR count). The van der Waals surface area contributed by atoms with Crippen LogP contribution in [0.5, 0.6) is 0 Å². The van der Waals surface area contributed by atoms with Gasteiger partial charge in [0, 0.05) is 12.1 Å². The van der Waals surface area contributed by atoms with Gasteiger partial charge >= 0.3 is 0 Å². The predicted octanol–water partition coefficient (Wildman–Crippen LogP) is 4.22. The van der Waals surface area contributed by atoms with Gasteiger partial charge in [0.25, 0.3) is 0 Å². The Bertz CT molecular complexity index is 1110. The zero-order chi connectivity index (χ0) is 20.9. The summed E-state index contributed by atoms with van der Waals surface area (Å²) in [4.78, 5) is 4.65. The highest BCUT2D eigenvalue weighted by Gasteiger charge is 2.15. The molecule has 0 radical (unpaired) electrons. The van der Waals surface area contributed by atoms with E-state index in [1.165, 1.54) is 0 Å². The van der Waals surface area contributed by atoms with Crippen LogP contribution in [-0.4, -0.2) is 35.3 Å². The molecular weight excluding hydrogens is 491 g/mol. The van der Waals surface area contributed by atoms with Gasteiger partial charge in [-0.25, -0.2) is 4.98 Å². The van der Waals surface area contributed by atoms with Gasteiger partial charge in [-0.05, 0) is 57.3 Å². The molecule has 0 saturated carbocycles. The number of H-pyrrole nitrogens is 1. The number of aromatic nitrogens is 6. The summed E-state index contributed by atoms with van der Waals surface area (Å²) < 4.78 is 3.21. The monoisotopic (exact) mass is 514 g/mol. The third-order valence-electron chi connectivity index (χ3n) is 5.08. The summed E-state index contributed by atoms with van der Waals surface area (Å²) in [5.41, 5.74) is 5.31. The first-order chi connectivity index (χ1) is 14.7. The summed E-state index contributed by atoms with van der Waals surface area (Å²) in [6.07, 6.45) is 3.18. The van der Waals surface area contributed by atoms with Crippen molar-refractivity contribution in [1.29, 1.82) is 0 Å². The molecule has 7 nitrogen and oxygen atoms in total. The largest absolute Gasteiger partial charge is 0.388 e. The molecule has 2 aromatic heterocycles. The second-order valence-corrected chi connectivity index (χ2v) is 8.11. The Morgan fingerprint density at radius 2 is 1.83 bits per heavy atom. The van der Waals surface area contributed by atoms with Crippen molar-refractivity contribution >= 4 is 22.6 Å². The molecule has 4 aromatic rings. The van der Waals surface area contributed by atoms with Crippen LogP contribution in [0.25, 0.3) is 22.5 Å². The number of hydrogen-bond acceptors (Lipinski definition) is 5. The maximum absolute atomic E-state index is 9.77. The highest BCUT2D eigenvalue weighted by Crippen LogP contribution is 2.30. The lowest BCUT2D eigenvalue weighted by molar-refractivity contribution is 0.265. The fraction of sp³-hybridized carbons (Fsp3) is 0.273. The van der Waals surface area contributed by atoms with Gasteiger partial charge in [0.1, 0.15) is 16.1 Å². The van der Waals surface area contributed by atoms with E-state index in [1.54, 1.807) is 0 Å². The van der Waals surface area contributed by atoms with Gasteiger partial charge < -0.3 is 9.67 Å². The van der Waals surface area contributed by atoms with Gasteiger partial charge in [-0.2, -0.15) is 5.21 Å². The van der Waals surface area contributed by atoms with Crippen LogP contribution in [0.4, 0.5) is 0 Å². The van der Waals surface area contributed by atoms with Crippen LogP contribution < -0.4 is 0 Å². The third kappa shape index (κ3) is 4.29. The van der Waals surface area contributed by atoms with Gasteiger partial charge in [0.05, 0.1) is 5.69 Å². The molecule has 0 fully saturated rings. The third-order valence-corrected chi connectivity index (χ3v) is 6.28. The fourth-order valence-corrected chi connectivity index (χ4v) is 4.33. The van der Waals surface area contributed by atoms with E-state index in [4.69, 9.17) is 0 Å². The molecule has 0 aliphatic rings. The Morgan fingerprint density at radius 1 is 1.07 bits per heavy atom. The quantitative estimate of drug-likeness (QED) is 0.344. The van der Waals surface area contributed by atoms with Crippen molar-refractivity contribution in [2.45, 2.75) is 39.3 Å². The van der Waals surface area contributed by atoms with Crippen LogP contribution in [0.15, 0.2) is 48.5 Å². The predicted molar refractivity (Wildman–Crippen MR) is 124 cm³/mol. The molecule has 0 unspecified atom stereocenters. The number of rotatable bonds is 8. The first-order valence-corrected chi connectivity index (χ1v) is 11.1. The van der Waals surface area contributed by atoms with Crippen molar-refractivity contribution in [3.05, 3.63) is 69.3 Å².